The molecule has 2 heterocycles. The fraction of sp³-hybridized carbons (Fsp3) is 0.214. The Morgan fingerprint density at radius 3 is 2.94 bits per heavy atom. The molecule has 0 aliphatic carbocycles. The minimum absolute atomic E-state index is 0.989. The molecule has 80 valence electrons. The predicted octanol–water partition coefficient (Wildman–Crippen LogP) is 3.06. The van der Waals surface area contributed by atoms with Crippen LogP contribution in [0.1, 0.15) is 16.7 Å². The van der Waals surface area contributed by atoms with E-state index in [1.165, 1.54) is 22.4 Å². The Morgan fingerprint density at radius 1 is 1.19 bits per heavy atom. The highest BCUT2D eigenvalue weighted by Gasteiger charge is 2.20. The van der Waals surface area contributed by atoms with Crippen LogP contribution >= 0.6 is 0 Å². The first kappa shape index (κ1) is 9.40. The van der Waals surface area contributed by atoms with Crippen molar-refractivity contribution >= 4 is 11.5 Å². The number of hydrogen-bond donors (Lipinski definition) is 0. The number of nitrogens with zero attached hydrogens (tertiary/aromatic N) is 2. The van der Waals surface area contributed by atoms with Crippen molar-refractivity contribution in [1.29, 1.82) is 0 Å². The number of pyridine rings is 1. The van der Waals surface area contributed by atoms with E-state index < -0.39 is 0 Å². The summed E-state index contributed by atoms with van der Waals surface area (Å²) in [5.74, 6) is 1.08. The molecule has 16 heavy (non-hydrogen) atoms. The van der Waals surface area contributed by atoms with Gasteiger partial charge in [-0.25, -0.2) is 4.98 Å². The van der Waals surface area contributed by atoms with Crippen LogP contribution in [0.4, 0.5) is 11.5 Å². The maximum absolute atomic E-state index is 4.45. The van der Waals surface area contributed by atoms with Crippen LogP contribution in [-0.2, 0) is 6.42 Å². The van der Waals surface area contributed by atoms with Gasteiger partial charge in [0.1, 0.15) is 5.82 Å². The maximum atomic E-state index is 4.45. The number of aromatic nitrogens is 1. The molecule has 0 spiro atoms. The second-order valence-corrected chi connectivity index (χ2v) is 4.35. The van der Waals surface area contributed by atoms with Crippen molar-refractivity contribution in [1.82, 2.24) is 4.98 Å². The fourth-order valence-electron chi connectivity index (χ4n) is 2.33. The van der Waals surface area contributed by atoms with Gasteiger partial charge in [0, 0.05) is 25.4 Å². The molecule has 1 aromatic carbocycles. The Balaban J connectivity index is 2.19. The van der Waals surface area contributed by atoms with E-state index in [1.807, 2.05) is 12.3 Å². The Kier molecular flexibility index (Phi) is 1.96. The first-order valence-corrected chi connectivity index (χ1v) is 5.53. The molecule has 0 bridgehead atoms. The van der Waals surface area contributed by atoms with Crippen LogP contribution < -0.4 is 4.90 Å². The van der Waals surface area contributed by atoms with Gasteiger partial charge in [0.25, 0.3) is 0 Å². The third kappa shape index (κ3) is 1.30. The molecule has 0 unspecified atom stereocenters. The van der Waals surface area contributed by atoms with Crippen molar-refractivity contribution in [2.24, 2.45) is 0 Å². The quantitative estimate of drug-likeness (QED) is 0.664. The van der Waals surface area contributed by atoms with Gasteiger partial charge in [0.05, 0.1) is 0 Å². The van der Waals surface area contributed by atoms with E-state index >= 15 is 0 Å². The van der Waals surface area contributed by atoms with Crippen LogP contribution in [0.15, 0.2) is 36.5 Å². The summed E-state index contributed by atoms with van der Waals surface area (Å²) >= 11 is 0. The molecule has 1 aliphatic rings. The standard InChI is InChI=1S/C14H14N2/c1-10-5-6-11-9-12-4-3-7-15-14(12)16(2)13(11)8-10/h3-8H,9H2,1-2H3. The van der Waals surface area contributed by atoms with Gasteiger partial charge in [-0.2, -0.15) is 0 Å². The zero-order valence-corrected chi connectivity index (χ0v) is 9.57. The summed E-state index contributed by atoms with van der Waals surface area (Å²) in [5, 5.41) is 0. The summed E-state index contributed by atoms with van der Waals surface area (Å²) in [7, 11) is 2.09. The highest BCUT2D eigenvalue weighted by atomic mass is 15.2. The molecule has 0 atom stereocenters. The molecule has 0 N–H and O–H groups in total. The highest BCUT2D eigenvalue weighted by molar-refractivity contribution is 5.71. The van der Waals surface area contributed by atoms with Gasteiger partial charge in [-0.3, -0.25) is 0 Å². The van der Waals surface area contributed by atoms with Crippen molar-refractivity contribution < 1.29 is 0 Å². The third-order valence-corrected chi connectivity index (χ3v) is 3.17. The second kappa shape index (κ2) is 3.34. The van der Waals surface area contributed by atoms with Gasteiger partial charge in [-0.05, 0) is 35.7 Å². The molecule has 3 rings (SSSR count). The van der Waals surface area contributed by atoms with Crippen LogP contribution in [0.25, 0.3) is 0 Å². The maximum Gasteiger partial charge on any atom is 0.136 e. The minimum Gasteiger partial charge on any atom is -0.329 e. The average molecular weight is 210 g/mol. The molecule has 0 amide bonds. The smallest absolute Gasteiger partial charge is 0.136 e. The van der Waals surface area contributed by atoms with E-state index in [-0.39, 0.29) is 0 Å². The lowest BCUT2D eigenvalue weighted by molar-refractivity contribution is 1.00. The number of hydrogen-bond acceptors (Lipinski definition) is 2. The van der Waals surface area contributed by atoms with E-state index in [1.54, 1.807) is 0 Å². The molecule has 2 heteroatoms. The fourth-order valence-corrected chi connectivity index (χ4v) is 2.33. The highest BCUT2D eigenvalue weighted by Crippen LogP contribution is 2.36. The van der Waals surface area contributed by atoms with Crippen LogP contribution in [0.2, 0.25) is 0 Å². The minimum atomic E-state index is 0.989. The molecule has 1 aliphatic heterocycles. The zero-order chi connectivity index (χ0) is 11.1. The van der Waals surface area contributed by atoms with Gasteiger partial charge >= 0.3 is 0 Å². The van der Waals surface area contributed by atoms with Crippen molar-refractivity contribution in [2.45, 2.75) is 13.3 Å². The Hall–Kier alpha value is -1.83. The third-order valence-electron chi connectivity index (χ3n) is 3.17. The van der Waals surface area contributed by atoms with E-state index in [0.29, 0.717) is 0 Å². The van der Waals surface area contributed by atoms with E-state index in [9.17, 15) is 0 Å². The lowest BCUT2D eigenvalue weighted by Crippen LogP contribution is -2.19. The van der Waals surface area contributed by atoms with Crippen LogP contribution in [-0.4, -0.2) is 12.0 Å². The monoisotopic (exact) mass is 210 g/mol. The van der Waals surface area contributed by atoms with Crippen LogP contribution in [0, 0.1) is 6.92 Å². The summed E-state index contributed by atoms with van der Waals surface area (Å²) < 4.78 is 0. The largest absolute Gasteiger partial charge is 0.329 e. The Morgan fingerprint density at radius 2 is 2.06 bits per heavy atom. The first-order chi connectivity index (χ1) is 7.75. The normalized spacial score (nSPS) is 13.2. The Bertz CT molecular complexity index is 546. The first-order valence-electron chi connectivity index (χ1n) is 5.53. The summed E-state index contributed by atoms with van der Waals surface area (Å²) in [6.07, 6.45) is 2.85. The number of benzene rings is 1. The average Bonchev–Trinajstić information content (AvgIpc) is 2.31. The molecular formula is C14H14N2. The lowest BCUT2D eigenvalue weighted by Gasteiger charge is -2.29. The molecule has 2 aromatic rings. The molecule has 0 fully saturated rings. The van der Waals surface area contributed by atoms with E-state index in [2.05, 4.69) is 48.1 Å². The molecule has 0 radical (unpaired) electrons. The van der Waals surface area contributed by atoms with Crippen molar-refractivity contribution in [3.05, 3.63) is 53.2 Å². The second-order valence-electron chi connectivity index (χ2n) is 4.35. The lowest BCUT2D eigenvalue weighted by atomic mass is 9.97. The van der Waals surface area contributed by atoms with Crippen molar-refractivity contribution in [3.63, 3.8) is 0 Å². The van der Waals surface area contributed by atoms with Crippen molar-refractivity contribution in [2.75, 3.05) is 11.9 Å². The number of aryl methyl sites for hydroxylation is 1. The molecule has 2 nitrogen and oxygen atoms in total. The van der Waals surface area contributed by atoms with Crippen LogP contribution in [0.5, 0.6) is 0 Å². The van der Waals surface area contributed by atoms with Gasteiger partial charge in [0.15, 0.2) is 0 Å². The SMILES string of the molecule is Cc1ccc2c(c1)N(C)c1ncccc1C2. The number of anilines is 2. The summed E-state index contributed by atoms with van der Waals surface area (Å²) in [6.45, 7) is 2.13. The van der Waals surface area contributed by atoms with Gasteiger partial charge in [0.2, 0.25) is 0 Å². The predicted molar refractivity (Wildman–Crippen MR) is 66.3 cm³/mol. The van der Waals surface area contributed by atoms with Gasteiger partial charge in [-0.15, -0.1) is 0 Å². The molecule has 0 saturated heterocycles. The number of rotatable bonds is 0. The van der Waals surface area contributed by atoms with E-state index in [0.717, 1.165) is 12.2 Å². The Labute approximate surface area is 95.6 Å². The number of fused-ring (bicyclic) bond motifs is 2. The summed E-state index contributed by atoms with van der Waals surface area (Å²) in [5.41, 5.74) is 5.27. The zero-order valence-electron chi connectivity index (χ0n) is 9.57. The molecule has 0 saturated carbocycles. The molecular weight excluding hydrogens is 196 g/mol. The van der Waals surface area contributed by atoms with Gasteiger partial charge < -0.3 is 4.90 Å². The van der Waals surface area contributed by atoms with Crippen molar-refractivity contribution in [3.8, 4) is 0 Å². The topological polar surface area (TPSA) is 16.1 Å². The summed E-state index contributed by atoms with van der Waals surface area (Å²) in [4.78, 5) is 6.64. The van der Waals surface area contributed by atoms with Gasteiger partial charge in [-0.1, -0.05) is 18.2 Å². The van der Waals surface area contributed by atoms with Crippen LogP contribution in [0.3, 0.4) is 0 Å². The molecule has 1 aromatic heterocycles. The van der Waals surface area contributed by atoms with E-state index in [4.69, 9.17) is 0 Å². The summed E-state index contributed by atoms with van der Waals surface area (Å²) in [6, 6.07) is 10.8.